The number of hydrogen-bond acceptors (Lipinski definition) is 2. The van der Waals surface area contributed by atoms with Gasteiger partial charge in [-0.25, -0.2) is 4.98 Å². The molecule has 3 nitrogen and oxygen atoms in total. The Balaban J connectivity index is 2.18. The number of benzene rings is 1. The van der Waals surface area contributed by atoms with Crippen molar-refractivity contribution in [3.63, 3.8) is 0 Å². The van der Waals surface area contributed by atoms with Crippen LogP contribution in [0.15, 0.2) is 24.3 Å². The zero-order valence-corrected chi connectivity index (χ0v) is 11.5. The van der Waals surface area contributed by atoms with Crippen LogP contribution in [-0.2, 0) is 26.4 Å². The minimum Gasteiger partial charge on any atom is -0.335 e. The van der Waals surface area contributed by atoms with Crippen LogP contribution in [-0.4, -0.2) is 9.55 Å². The van der Waals surface area contributed by atoms with E-state index in [1.165, 1.54) is 11.3 Å². The molecule has 1 aromatic carbocycles. The molecule has 2 aromatic rings. The summed E-state index contributed by atoms with van der Waals surface area (Å²) in [4.78, 5) is 4.47. The highest BCUT2D eigenvalue weighted by Gasteiger charge is 2.11. The zero-order valence-electron chi connectivity index (χ0n) is 10.8. The van der Waals surface area contributed by atoms with Crippen molar-refractivity contribution in [1.82, 2.24) is 9.55 Å². The Morgan fingerprint density at radius 1 is 1.28 bits per heavy atom. The summed E-state index contributed by atoms with van der Waals surface area (Å²) in [5.41, 5.74) is 9.09. The molecule has 0 amide bonds. The third-order valence-corrected chi connectivity index (χ3v) is 3.67. The fourth-order valence-electron chi connectivity index (χ4n) is 2.15. The Morgan fingerprint density at radius 2 is 2.00 bits per heavy atom. The maximum atomic E-state index is 6.16. The van der Waals surface area contributed by atoms with Crippen LogP contribution in [0.1, 0.15) is 22.8 Å². The number of nitrogens with two attached hydrogens (primary N) is 1. The molecule has 0 bridgehead atoms. The van der Waals surface area contributed by atoms with E-state index in [4.69, 9.17) is 17.3 Å². The van der Waals surface area contributed by atoms with Crippen molar-refractivity contribution in [1.29, 1.82) is 0 Å². The topological polar surface area (TPSA) is 43.8 Å². The fourth-order valence-corrected chi connectivity index (χ4v) is 2.38. The van der Waals surface area contributed by atoms with Crippen LogP contribution in [0.3, 0.4) is 0 Å². The van der Waals surface area contributed by atoms with Gasteiger partial charge in [0.2, 0.25) is 0 Å². The normalized spacial score (nSPS) is 10.9. The van der Waals surface area contributed by atoms with Gasteiger partial charge in [0.15, 0.2) is 0 Å². The van der Waals surface area contributed by atoms with Crippen LogP contribution < -0.4 is 5.73 Å². The number of imidazole rings is 1. The van der Waals surface area contributed by atoms with Crippen molar-refractivity contribution in [2.24, 2.45) is 12.8 Å². The molecule has 1 heterocycles. The molecule has 18 heavy (non-hydrogen) atoms. The lowest BCUT2D eigenvalue weighted by molar-refractivity contribution is 0.765. The molecule has 2 rings (SSSR count). The summed E-state index contributed by atoms with van der Waals surface area (Å²) in [5.74, 6) is 1.00. The monoisotopic (exact) mass is 263 g/mol. The van der Waals surface area contributed by atoms with Gasteiger partial charge < -0.3 is 10.3 Å². The Labute approximate surface area is 113 Å². The average molecular weight is 264 g/mol. The van der Waals surface area contributed by atoms with Crippen molar-refractivity contribution in [2.45, 2.75) is 26.3 Å². The van der Waals surface area contributed by atoms with Crippen molar-refractivity contribution in [2.75, 3.05) is 0 Å². The van der Waals surface area contributed by atoms with E-state index in [2.05, 4.69) is 15.6 Å². The highest BCUT2D eigenvalue weighted by Crippen LogP contribution is 2.19. The van der Waals surface area contributed by atoms with Crippen LogP contribution in [0.4, 0.5) is 0 Å². The third kappa shape index (κ3) is 2.57. The van der Waals surface area contributed by atoms with Gasteiger partial charge in [0.25, 0.3) is 0 Å². The van der Waals surface area contributed by atoms with Gasteiger partial charge in [0, 0.05) is 24.3 Å². The van der Waals surface area contributed by atoms with E-state index in [1.807, 2.05) is 32.2 Å². The standard InChI is InChI=1S/C14H18ClN3/c1-10-17-13(9-16)14(18(10)2)8-7-11-5-3-4-6-12(11)15/h3-6H,7-9,16H2,1-2H3. The number of aromatic nitrogens is 2. The summed E-state index contributed by atoms with van der Waals surface area (Å²) in [5, 5.41) is 0.825. The molecule has 0 aliphatic rings. The molecule has 4 heteroatoms. The number of nitrogens with zero attached hydrogens (tertiary/aromatic N) is 2. The fraction of sp³-hybridized carbons (Fsp3) is 0.357. The number of aryl methyl sites for hydroxylation is 2. The molecule has 96 valence electrons. The molecule has 0 aliphatic carbocycles. The summed E-state index contributed by atoms with van der Waals surface area (Å²) in [6.07, 6.45) is 1.82. The molecule has 0 saturated carbocycles. The zero-order chi connectivity index (χ0) is 13.1. The Kier molecular flexibility index (Phi) is 4.04. The van der Waals surface area contributed by atoms with E-state index in [-0.39, 0.29) is 0 Å². The first-order valence-corrected chi connectivity index (χ1v) is 6.45. The summed E-state index contributed by atoms with van der Waals surface area (Å²) >= 11 is 6.16. The van der Waals surface area contributed by atoms with Gasteiger partial charge in [-0.1, -0.05) is 29.8 Å². The lowest BCUT2D eigenvalue weighted by atomic mass is 10.1. The minimum absolute atomic E-state index is 0.486. The van der Waals surface area contributed by atoms with Crippen molar-refractivity contribution in [3.05, 3.63) is 52.1 Å². The van der Waals surface area contributed by atoms with Gasteiger partial charge in [0.05, 0.1) is 5.69 Å². The maximum absolute atomic E-state index is 6.16. The quantitative estimate of drug-likeness (QED) is 0.922. The van der Waals surface area contributed by atoms with Crippen LogP contribution in [0.25, 0.3) is 0 Å². The SMILES string of the molecule is Cc1nc(CN)c(CCc2ccccc2Cl)n1C. The molecule has 0 fully saturated rings. The van der Waals surface area contributed by atoms with Crippen LogP contribution >= 0.6 is 11.6 Å². The largest absolute Gasteiger partial charge is 0.335 e. The van der Waals surface area contributed by atoms with Crippen molar-refractivity contribution >= 4 is 11.6 Å². The van der Waals surface area contributed by atoms with E-state index < -0.39 is 0 Å². The van der Waals surface area contributed by atoms with Crippen LogP contribution in [0, 0.1) is 6.92 Å². The third-order valence-electron chi connectivity index (χ3n) is 3.30. The maximum Gasteiger partial charge on any atom is 0.105 e. The Morgan fingerprint density at radius 3 is 2.67 bits per heavy atom. The molecule has 0 aliphatic heterocycles. The lowest BCUT2D eigenvalue weighted by Gasteiger charge is -2.07. The van der Waals surface area contributed by atoms with Crippen molar-refractivity contribution < 1.29 is 0 Å². The van der Waals surface area contributed by atoms with Gasteiger partial charge in [-0.15, -0.1) is 0 Å². The second-order valence-electron chi connectivity index (χ2n) is 4.41. The van der Waals surface area contributed by atoms with E-state index in [0.717, 1.165) is 29.4 Å². The first kappa shape index (κ1) is 13.1. The smallest absolute Gasteiger partial charge is 0.105 e. The number of rotatable bonds is 4. The second kappa shape index (κ2) is 5.55. The van der Waals surface area contributed by atoms with E-state index in [1.54, 1.807) is 0 Å². The molecular formula is C14H18ClN3. The summed E-state index contributed by atoms with van der Waals surface area (Å²) in [7, 11) is 2.03. The van der Waals surface area contributed by atoms with Gasteiger partial charge in [-0.3, -0.25) is 0 Å². The van der Waals surface area contributed by atoms with E-state index in [9.17, 15) is 0 Å². The number of halogens is 1. The molecule has 0 atom stereocenters. The molecule has 0 radical (unpaired) electrons. The minimum atomic E-state index is 0.486. The first-order valence-electron chi connectivity index (χ1n) is 6.08. The molecule has 0 saturated heterocycles. The van der Waals surface area contributed by atoms with Gasteiger partial charge >= 0.3 is 0 Å². The predicted octanol–water partition coefficient (Wildman–Crippen LogP) is 2.63. The van der Waals surface area contributed by atoms with Crippen molar-refractivity contribution in [3.8, 4) is 0 Å². The highest BCUT2D eigenvalue weighted by molar-refractivity contribution is 6.31. The van der Waals surface area contributed by atoms with E-state index >= 15 is 0 Å². The molecule has 0 unspecified atom stereocenters. The Bertz CT molecular complexity index is 546. The predicted molar refractivity (Wildman–Crippen MR) is 74.7 cm³/mol. The lowest BCUT2D eigenvalue weighted by Crippen LogP contribution is -2.06. The van der Waals surface area contributed by atoms with Crippen LogP contribution in [0.5, 0.6) is 0 Å². The Hall–Kier alpha value is -1.32. The summed E-state index contributed by atoms with van der Waals surface area (Å²) in [6.45, 7) is 2.48. The van der Waals surface area contributed by atoms with Gasteiger partial charge in [0.1, 0.15) is 5.82 Å². The summed E-state index contributed by atoms with van der Waals surface area (Å²) < 4.78 is 2.11. The van der Waals surface area contributed by atoms with Gasteiger partial charge in [-0.2, -0.15) is 0 Å². The molecule has 0 spiro atoms. The average Bonchev–Trinajstić information content (AvgIpc) is 2.65. The van der Waals surface area contributed by atoms with E-state index in [0.29, 0.717) is 6.54 Å². The highest BCUT2D eigenvalue weighted by atomic mass is 35.5. The summed E-state index contributed by atoms with van der Waals surface area (Å²) in [6, 6.07) is 7.95. The van der Waals surface area contributed by atoms with Crippen LogP contribution in [0.2, 0.25) is 5.02 Å². The first-order chi connectivity index (χ1) is 8.63. The van der Waals surface area contributed by atoms with Gasteiger partial charge in [-0.05, 0) is 31.4 Å². The molecular weight excluding hydrogens is 246 g/mol. The molecule has 2 N–H and O–H groups in total. The molecule has 1 aromatic heterocycles. The number of hydrogen-bond donors (Lipinski definition) is 1. The second-order valence-corrected chi connectivity index (χ2v) is 4.81.